The maximum Gasteiger partial charge on any atom is 0.313 e. The SMILES string of the molecule is CCC(C)(N)C(C)(CC(C)(C)C)C(=O)OCCC(C)(C)C. The van der Waals surface area contributed by atoms with Gasteiger partial charge < -0.3 is 10.5 Å². The zero-order chi connectivity index (χ0) is 17.1. The van der Waals surface area contributed by atoms with Gasteiger partial charge in [0.25, 0.3) is 0 Å². The molecule has 2 unspecified atom stereocenters. The molecule has 126 valence electrons. The number of ether oxygens (including phenoxy) is 1. The summed E-state index contributed by atoms with van der Waals surface area (Å²) in [7, 11) is 0. The molecule has 0 saturated heterocycles. The van der Waals surface area contributed by atoms with E-state index < -0.39 is 11.0 Å². The topological polar surface area (TPSA) is 52.3 Å². The molecule has 0 aliphatic heterocycles. The van der Waals surface area contributed by atoms with Crippen LogP contribution >= 0.6 is 0 Å². The highest BCUT2D eigenvalue weighted by molar-refractivity contribution is 5.78. The second-order valence-electron chi connectivity index (χ2n) is 9.29. The number of carbonyl (C=O) groups excluding carboxylic acids is 1. The highest BCUT2D eigenvalue weighted by Gasteiger charge is 2.49. The Bertz CT molecular complexity index is 347. The fraction of sp³-hybridized carbons (Fsp3) is 0.944. The van der Waals surface area contributed by atoms with Gasteiger partial charge in [0.15, 0.2) is 0 Å². The van der Waals surface area contributed by atoms with Crippen LogP contribution in [0.2, 0.25) is 0 Å². The molecular formula is C18H37NO2. The van der Waals surface area contributed by atoms with Crippen molar-refractivity contribution in [2.45, 2.75) is 87.1 Å². The third kappa shape index (κ3) is 6.37. The van der Waals surface area contributed by atoms with Gasteiger partial charge in [0.1, 0.15) is 0 Å². The molecule has 3 heteroatoms. The van der Waals surface area contributed by atoms with Gasteiger partial charge in [0, 0.05) is 5.54 Å². The van der Waals surface area contributed by atoms with E-state index in [9.17, 15) is 4.79 Å². The summed E-state index contributed by atoms with van der Waals surface area (Å²) in [6.45, 7) is 19.3. The molecule has 0 aromatic heterocycles. The van der Waals surface area contributed by atoms with E-state index in [0.717, 1.165) is 19.3 Å². The lowest BCUT2D eigenvalue weighted by Crippen LogP contribution is -2.57. The predicted octanol–water partition coefficient (Wildman–Crippen LogP) is 4.54. The summed E-state index contributed by atoms with van der Waals surface area (Å²) in [5, 5.41) is 0. The normalized spacial score (nSPS) is 18.8. The van der Waals surface area contributed by atoms with E-state index in [1.807, 2.05) is 20.8 Å². The molecule has 0 aliphatic carbocycles. The van der Waals surface area contributed by atoms with Crippen LogP contribution in [0, 0.1) is 16.2 Å². The van der Waals surface area contributed by atoms with Crippen molar-refractivity contribution in [2.75, 3.05) is 6.61 Å². The maximum absolute atomic E-state index is 12.7. The summed E-state index contributed by atoms with van der Waals surface area (Å²) in [6, 6.07) is 0. The van der Waals surface area contributed by atoms with Crippen molar-refractivity contribution in [1.29, 1.82) is 0 Å². The first-order chi connectivity index (χ1) is 9.15. The molecule has 2 N–H and O–H groups in total. The smallest absolute Gasteiger partial charge is 0.313 e. The molecular weight excluding hydrogens is 262 g/mol. The number of nitrogens with two attached hydrogens (primary N) is 1. The summed E-state index contributed by atoms with van der Waals surface area (Å²) in [5.74, 6) is -0.159. The number of rotatable bonds is 6. The summed E-state index contributed by atoms with van der Waals surface area (Å²) in [5.41, 5.74) is 5.41. The minimum Gasteiger partial charge on any atom is -0.465 e. The summed E-state index contributed by atoms with van der Waals surface area (Å²) < 4.78 is 5.60. The number of hydrogen-bond donors (Lipinski definition) is 1. The summed E-state index contributed by atoms with van der Waals surface area (Å²) >= 11 is 0. The monoisotopic (exact) mass is 299 g/mol. The molecule has 0 aliphatic rings. The fourth-order valence-electron chi connectivity index (χ4n) is 2.57. The molecule has 0 heterocycles. The lowest BCUT2D eigenvalue weighted by atomic mass is 9.63. The van der Waals surface area contributed by atoms with E-state index in [4.69, 9.17) is 10.5 Å². The van der Waals surface area contributed by atoms with E-state index >= 15 is 0 Å². The molecule has 0 amide bonds. The Morgan fingerprint density at radius 2 is 1.43 bits per heavy atom. The molecule has 0 fully saturated rings. The Kier molecular flexibility index (Phi) is 6.50. The van der Waals surface area contributed by atoms with Crippen molar-refractivity contribution in [3.8, 4) is 0 Å². The van der Waals surface area contributed by atoms with Crippen LogP contribution in [0.1, 0.15) is 81.6 Å². The van der Waals surface area contributed by atoms with Crippen molar-refractivity contribution in [2.24, 2.45) is 22.0 Å². The van der Waals surface area contributed by atoms with Gasteiger partial charge in [-0.15, -0.1) is 0 Å². The van der Waals surface area contributed by atoms with Gasteiger partial charge in [-0.1, -0.05) is 48.5 Å². The molecule has 0 bridgehead atoms. The van der Waals surface area contributed by atoms with Gasteiger partial charge in [-0.3, -0.25) is 4.79 Å². The fourth-order valence-corrected chi connectivity index (χ4v) is 2.57. The summed E-state index contributed by atoms with van der Waals surface area (Å²) in [6.07, 6.45) is 2.32. The van der Waals surface area contributed by atoms with Crippen LogP contribution in [-0.4, -0.2) is 18.1 Å². The molecule has 0 spiro atoms. The first-order valence-electron chi connectivity index (χ1n) is 8.11. The van der Waals surface area contributed by atoms with Gasteiger partial charge in [0.2, 0.25) is 0 Å². The van der Waals surface area contributed by atoms with E-state index in [-0.39, 0.29) is 16.8 Å². The Morgan fingerprint density at radius 3 is 1.76 bits per heavy atom. The number of hydrogen-bond acceptors (Lipinski definition) is 3. The molecule has 21 heavy (non-hydrogen) atoms. The first-order valence-corrected chi connectivity index (χ1v) is 8.11. The standard InChI is InChI=1S/C18H37NO2/c1-10-18(9,19)17(8,13-16(5,6)7)14(20)21-12-11-15(2,3)4/h10-13,19H2,1-9H3. The van der Waals surface area contributed by atoms with Crippen LogP contribution in [0.4, 0.5) is 0 Å². The van der Waals surface area contributed by atoms with Crippen LogP contribution in [-0.2, 0) is 9.53 Å². The van der Waals surface area contributed by atoms with E-state index in [0.29, 0.717) is 6.61 Å². The van der Waals surface area contributed by atoms with Crippen molar-refractivity contribution in [3.05, 3.63) is 0 Å². The molecule has 0 rings (SSSR count). The Balaban J connectivity index is 5.10. The molecule has 3 nitrogen and oxygen atoms in total. The zero-order valence-corrected chi connectivity index (χ0v) is 15.7. The Morgan fingerprint density at radius 1 is 0.952 bits per heavy atom. The van der Waals surface area contributed by atoms with E-state index in [2.05, 4.69) is 41.5 Å². The highest BCUT2D eigenvalue weighted by Crippen LogP contribution is 2.43. The van der Waals surface area contributed by atoms with Gasteiger partial charge in [-0.25, -0.2) is 0 Å². The van der Waals surface area contributed by atoms with E-state index in [1.54, 1.807) is 0 Å². The van der Waals surface area contributed by atoms with E-state index in [1.165, 1.54) is 0 Å². The minimum absolute atomic E-state index is 0.0214. The van der Waals surface area contributed by atoms with Gasteiger partial charge in [-0.2, -0.15) is 0 Å². The van der Waals surface area contributed by atoms with Crippen molar-refractivity contribution in [1.82, 2.24) is 0 Å². The molecule has 0 aromatic carbocycles. The van der Waals surface area contributed by atoms with Crippen LogP contribution in [0.5, 0.6) is 0 Å². The lowest BCUT2D eigenvalue weighted by molar-refractivity contribution is -0.162. The highest BCUT2D eigenvalue weighted by atomic mass is 16.5. The van der Waals surface area contributed by atoms with Gasteiger partial charge >= 0.3 is 5.97 Å². The zero-order valence-electron chi connectivity index (χ0n) is 15.7. The summed E-state index contributed by atoms with van der Waals surface area (Å²) in [4.78, 5) is 12.7. The largest absolute Gasteiger partial charge is 0.465 e. The minimum atomic E-state index is -0.669. The predicted molar refractivity (Wildman–Crippen MR) is 90.1 cm³/mol. The van der Waals surface area contributed by atoms with Crippen LogP contribution in [0.3, 0.4) is 0 Å². The molecule has 2 atom stereocenters. The quantitative estimate of drug-likeness (QED) is 0.733. The van der Waals surface area contributed by atoms with Crippen LogP contribution in [0.25, 0.3) is 0 Å². The molecule has 0 radical (unpaired) electrons. The first kappa shape index (κ1) is 20.4. The second-order valence-corrected chi connectivity index (χ2v) is 9.29. The average molecular weight is 299 g/mol. The second kappa shape index (κ2) is 6.68. The third-order valence-electron chi connectivity index (χ3n) is 4.41. The number of carbonyl (C=O) groups is 1. The average Bonchev–Trinajstić information content (AvgIpc) is 2.24. The Labute approximate surface area is 132 Å². The Hall–Kier alpha value is -0.570. The van der Waals surface area contributed by atoms with Crippen molar-refractivity contribution in [3.63, 3.8) is 0 Å². The lowest BCUT2D eigenvalue weighted by Gasteiger charge is -2.44. The van der Waals surface area contributed by atoms with Crippen LogP contribution in [0.15, 0.2) is 0 Å². The van der Waals surface area contributed by atoms with Crippen molar-refractivity contribution < 1.29 is 9.53 Å². The van der Waals surface area contributed by atoms with Gasteiger partial charge in [0.05, 0.1) is 12.0 Å². The third-order valence-corrected chi connectivity index (χ3v) is 4.41. The van der Waals surface area contributed by atoms with Crippen molar-refractivity contribution >= 4 is 5.97 Å². The maximum atomic E-state index is 12.7. The molecule has 0 saturated carbocycles. The number of esters is 1. The van der Waals surface area contributed by atoms with Gasteiger partial charge in [-0.05, 0) is 43.9 Å². The van der Waals surface area contributed by atoms with Crippen LogP contribution < -0.4 is 5.73 Å². The molecule has 0 aromatic rings.